The molecule has 0 bridgehead atoms. The number of amides is 2. The highest BCUT2D eigenvalue weighted by Crippen LogP contribution is 2.27. The number of aromatic amines is 1. The van der Waals surface area contributed by atoms with E-state index >= 15 is 0 Å². The van der Waals surface area contributed by atoms with Crippen molar-refractivity contribution in [2.45, 2.75) is 52.0 Å². The Hall–Kier alpha value is -2.63. The second kappa shape index (κ2) is 7.18. The molecule has 6 nitrogen and oxygen atoms in total. The second-order valence-electron chi connectivity index (χ2n) is 7.85. The van der Waals surface area contributed by atoms with Gasteiger partial charge < -0.3 is 10.2 Å². The van der Waals surface area contributed by atoms with Crippen LogP contribution in [0.1, 0.15) is 55.1 Å². The average Bonchev–Trinajstić information content (AvgIpc) is 3.36. The van der Waals surface area contributed by atoms with Crippen LogP contribution in [0.25, 0.3) is 0 Å². The summed E-state index contributed by atoms with van der Waals surface area (Å²) in [7, 11) is 0. The standard InChI is InChI=1S/C21H26N4O2/c1-13(2)14-6-8-16(9-7-14)25-12-15(10-20(25)26)21(27)22-11-19-17-4-3-5-18(17)23-24-19/h6-9,13,15H,3-5,10-12H2,1-2H3,(H,22,27)(H,23,24). The van der Waals surface area contributed by atoms with Crippen LogP contribution in [0.4, 0.5) is 5.69 Å². The van der Waals surface area contributed by atoms with E-state index in [1.807, 2.05) is 12.1 Å². The molecule has 4 rings (SSSR count). The minimum Gasteiger partial charge on any atom is -0.350 e. The van der Waals surface area contributed by atoms with Crippen LogP contribution < -0.4 is 10.2 Å². The first-order valence-electron chi connectivity index (χ1n) is 9.76. The molecule has 2 heterocycles. The number of rotatable bonds is 5. The maximum absolute atomic E-state index is 12.6. The van der Waals surface area contributed by atoms with Gasteiger partial charge in [-0.3, -0.25) is 14.7 Å². The van der Waals surface area contributed by atoms with Gasteiger partial charge in [-0.05, 0) is 48.4 Å². The predicted octanol–water partition coefficient (Wildman–Crippen LogP) is 2.69. The van der Waals surface area contributed by atoms with Gasteiger partial charge in [-0.2, -0.15) is 5.10 Å². The van der Waals surface area contributed by atoms with Crippen molar-refractivity contribution < 1.29 is 9.59 Å². The highest BCUT2D eigenvalue weighted by atomic mass is 16.2. The molecule has 1 unspecified atom stereocenters. The zero-order valence-electron chi connectivity index (χ0n) is 15.9. The molecular formula is C21H26N4O2. The van der Waals surface area contributed by atoms with Gasteiger partial charge in [0.15, 0.2) is 0 Å². The van der Waals surface area contributed by atoms with E-state index in [9.17, 15) is 9.59 Å². The lowest BCUT2D eigenvalue weighted by Crippen LogP contribution is -2.32. The first-order chi connectivity index (χ1) is 13.0. The smallest absolute Gasteiger partial charge is 0.227 e. The number of hydrogen-bond donors (Lipinski definition) is 2. The van der Waals surface area contributed by atoms with Crippen molar-refractivity contribution in [1.29, 1.82) is 0 Å². The molecule has 1 aromatic carbocycles. The van der Waals surface area contributed by atoms with Crippen molar-refractivity contribution in [2.75, 3.05) is 11.4 Å². The fourth-order valence-electron chi connectivity index (χ4n) is 4.02. The third-order valence-electron chi connectivity index (χ3n) is 5.69. The van der Waals surface area contributed by atoms with Gasteiger partial charge in [0.05, 0.1) is 18.2 Å². The number of aromatic nitrogens is 2. The molecule has 142 valence electrons. The fourth-order valence-corrected chi connectivity index (χ4v) is 4.02. The molecule has 2 aromatic rings. The Morgan fingerprint density at radius 3 is 2.81 bits per heavy atom. The Bertz CT molecular complexity index is 854. The van der Waals surface area contributed by atoms with Crippen LogP contribution in [0.15, 0.2) is 24.3 Å². The molecule has 1 aliphatic heterocycles. The number of carbonyl (C=O) groups is 2. The predicted molar refractivity (Wildman–Crippen MR) is 103 cm³/mol. The van der Waals surface area contributed by atoms with Crippen LogP contribution in [0.3, 0.4) is 0 Å². The first kappa shape index (κ1) is 17.8. The summed E-state index contributed by atoms with van der Waals surface area (Å²) in [5.74, 6) is 0.0807. The highest BCUT2D eigenvalue weighted by Gasteiger charge is 2.35. The van der Waals surface area contributed by atoms with Gasteiger partial charge in [0.25, 0.3) is 0 Å². The Kier molecular flexibility index (Phi) is 4.72. The maximum Gasteiger partial charge on any atom is 0.227 e. The first-order valence-corrected chi connectivity index (χ1v) is 9.76. The molecule has 6 heteroatoms. The number of hydrogen-bond acceptors (Lipinski definition) is 3. The van der Waals surface area contributed by atoms with Gasteiger partial charge in [-0.15, -0.1) is 0 Å². The molecular weight excluding hydrogens is 340 g/mol. The summed E-state index contributed by atoms with van der Waals surface area (Å²) >= 11 is 0. The number of aryl methyl sites for hydroxylation is 1. The SMILES string of the molecule is CC(C)c1ccc(N2CC(C(=O)NCc3n[nH]c4c3CCC4)CC2=O)cc1. The molecule has 0 radical (unpaired) electrons. The molecule has 1 aromatic heterocycles. The van der Waals surface area contributed by atoms with E-state index in [0.29, 0.717) is 19.0 Å². The van der Waals surface area contributed by atoms with E-state index in [-0.39, 0.29) is 24.2 Å². The molecule has 1 fully saturated rings. The molecule has 2 amide bonds. The zero-order chi connectivity index (χ0) is 19.0. The molecule has 1 aliphatic carbocycles. The Morgan fingerprint density at radius 2 is 2.07 bits per heavy atom. The third kappa shape index (κ3) is 3.48. The summed E-state index contributed by atoms with van der Waals surface area (Å²) in [5, 5.41) is 10.4. The minimum absolute atomic E-state index is 0.00751. The van der Waals surface area contributed by atoms with Crippen molar-refractivity contribution >= 4 is 17.5 Å². The number of fused-ring (bicyclic) bond motifs is 1. The van der Waals surface area contributed by atoms with E-state index in [2.05, 4.69) is 41.5 Å². The molecule has 1 atom stereocenters. The molecule has 2 N–H and O–H groups in total. The largest absolute Gasteiger partial charge is 0.350 e. The number of nitrogens with one attached hydrogen (secondary N) is 2. The van der Waals surface area contributed by atoms with Gasteiger partial charge in [-0.25, -0.2) is 0 Å². The molecule has 0 spiro atoms. The Morgan fingerprint density at radius 1 is 1.30 bits per heavy atom. The molecule has 0 saturated carbocycles. The van der Waals surface area contributed by atoms with Crippen molar-refractivity contribution in [1.82, 2.24) is 15.5 Å². The average molecular weight is 366 g/mol. The maximum atomic E-state index is 12.6. The minimum atomic E-state index is -0.311. The van der Waals surface area contributed by atoms with Crippen LogP contribution in [-0.2, 0) is 29.0 Å². The summed E-state index contributed by atoms with van der Waals surface area (Å²) < 4.78 is 0. The molecule has 2 aliphatic rings. The summed E-state index contributed by atoms with van der Waals surface area (Å²) in [5.41, 5.74) is 5.49. The summed E-state index contributed by atoms with van der Waals surface area (Å²) in [6.45, 7) is 5.15. The lowest BCUT2D eigenvalue weighted by Gasteiger charge is -2.17. The number of anilines is 1. The van der Waals surface area contributed by atoms with E-state index in [4.69, 9.17) is 0 Å². The van der Waals surface area contributed by atoms with Crippen molar-refractivity contribution in [3.8, 4) is 0 Å². The van der Waals surface area contributed by atoms with Crippen molar-refractivity contribution in [2.24, 2.45) is 5.92 Å². The zero-order valence-corrected chi connectivity index (χ0v) is 15.9. The fraction of sp³-hybridized carbons (Fsp3) is 0.476. The number of benzene rings is 1. The van der Waals surface area contributed by atoms with Crippen LogP contribution in [0, 0.1) is 5.92 Å². The second-order valence-corrected chi connectivity index (χ2v) is 7.85. The highest BCUT2D eigenvalue weighted by molar-refractivity contribution is 6.00. The summed E-state index contributed by atoms with van der Waals surface area (Å²) in [4.78, 5) is 26.7. The summed E-state index contributed by atoms with van der Waals surface area (Å²) in [6, 6.07) is 8.05. The topological polar surface area (TPSA) is 78.1 Å². The van der Waals surface area contributed by atoms with Crippen LogP contribution in [0.5, 0.6) is 0 Å². The van der Waals surface area contributed by atoms with Gasteiger partial charge in [0, 0.05) is 24.3 Å². The van der Waals surface area contributed by atoms with Crippen LogP contribution in [0.2, 0.25) is 0 Å². The van der Waals surface area contributed by atoms with Crippen molar-refractivity contribution in [3.63, 3.8) is 0 Å². The summed E-state index contributed by atoms with van der Waals surface area (Å²) in [6.07, 6.45) is 3.47. The lowest BCUT2D eigenvalue weighted by atomic mass is 10.0. The number of nitrogens with zero attached hydrogens (tertiary/aromatic N) is 2. The third-order valence-corrected chi connectivity index (χ3v) is 5.69. The quantitative estimate of drug-likeness (QED) is 0.854. The van der Waals surface area contributed by atoms with Crippen molar-refractivity contribution in [3.05, 3.63) is 46.8 Å². The van der Waals surface area contributed by atoms with Gasteiger partial charge >= 0.3 is 0 Å². The normalized spacial score (nSPS) is 19.0. The van der Waals surface area contributed by atoms with Gasteiger partial charge in [0.1, 0.15) is 0 Å². The molecule has 1 saturated heterocycles. The van der Waals surface area contributed by atoms with Gasteiger partial charge in [-0.1, -0.05) is 26.0 Å². The van der Waals surface area contributed by atoms with Crippen LogP contribution >= 0.6 is 0 Å². The van der Waals surface area contributed by atoms with Gasteiger partial charge in [0.2, 0.25) is 11.8 Å². The monoisotopic (exact) mass is 366 g/mol. The van der Waals surface area contributed by atoms with E-state index in [1.54, 1.807) is 4.90 Å². The lowest BCUT2D eigenvalue weighted by molar-refractivity contribution is -0.126. The van der Waals surface area contributed by atoms with Crippen LogP contribution in [-0.4, -0.2) is 28.6 Å². The van der Waals surface area contributed by atoms with E-state index in [0.717, 1.165) is 30.6 Å². The Balaban J connectivity index is 1.37. The Labute approximate surface area is 159 Å². The number of carbonyl (C=O) groups excluding carboxylic acids is 2. The number of H-pyrrole nitrogens is 1. The molecule has 27 heavy (non-hydrogen) atoms. The van der Waals surface area contributed by atoms with E-state index in [1.165, 1.54) is 16.8 Å². The van der Waals surface area contributed by atoms with E-state index < -0.39 is 0 Å².